The average molecular weight is 451 g/mol. The summed E-state index contributed by atoms with van der Waals surface area (Å²) in [6.45, 7) is 3.28. The molecule has 3 aliphatic heterocycles. The van der Waals surface area contributed by atoms with Crippen molar-refractivity contribution in [2.45, 2.75) is 58.2 Å². The summed E-state index contributed by atoms with van der Waals surface area (Å²) in [4.78, 5) is 41.6. The third kappa shape index (κ3) is 4.16. The van der Waals surface area contributed by atoms with Crippen LogP contribution < -0.4 is 10.2 Å². The summed E-state index contributed by atoms with van der Waals surface area (Å²) in [5.41, 5.74) is 0.451. The number of amides is 1. The maximum atomic E-state index is 13.8. The van der Waals surface area contributed by atoms with Gasteiger partial charge in [-0.15, -0.1) is 0 Å². The molecule has 2 aromatic rings. The SMILES string of the molecule is CCOC(=O)c1cn2c(c(OCc3ccccc3)c1=O)C(=O)N1CC3CCC(CC3)CC1C2. The van der Waals surface area contributed by atoms with E-state index in [4.69, 9.17) is 9.47 Å². The molecule has 1 saturated carbocycles. The number of hydrogen-bond donors (Lipinski definition) is 0. The molecule has 1 amide bonds. The maximum absolute atomic E-state index is 13.8. The highest BCUT2D eigenvalue weighted by Crippen LogP contribution is 2.39. The Morgan fingerprint density at radius 1 is 1.03 bits per heavy atom. The molecule has 0 radical (unpaired) electrons. The fourth-order valence-electron chi connectivity index (χ4n) is 5.60. The Balaban J connectivity index is 1.56. The van der Waals surface area contributed by atoms with Crippen molar-refractivity contribution in [2.75, 3.05) is 13.2 Å². The Kier molecular flexibility index (Phi) is 5.96. The van der Waals surface area contributed by atoms with E-state index in [1.165, 1.54) is 19.0 Å². The minimum Gasteiger partial charge on any atom is -0.483 e. The van der Waals surface area contributed by atoms with Gasteiger partial charge in [0.25, 0.3) is 5.91 Å². The molecule has 4 heterocycles. The first-order chi connectivity index (χ1) is 16.0. The summed E-state index contributed by atoms with van der Waals surface area (Å²) in [7, 11) is 0. The second-order valence-corrected chi connectivity index (χ2v) is 9.43. The molecule has 33 heavy (non-hydrogen) atoms. The van der Waals surface area contributed by atoms with Crippen molar-refractivity contribution in [2.24, 2.45) is 11.8 Å². The molecule has 2 saturated heterocycles. The van der Waals surface area contributed by atoms with Crippen LogP contribution in [0.5, 0.6) is 5.75 Å². The van der Waals surface area contributed by atoms with Gasteiger partial charge < -0.3 is 18.9 Å². The predicted molar refractivity (Wildman–Crippen MR) is 122 cm³/mol. The zero-order chi connectivity index (χ0) is 22.9. The molecule has 3 fully saturated rings. The van der Waals surface area contributed by atoms with Crippen molar-refractivity contribution in [1.82, 2.24) is 9.47 Å². The van der Waals surface area contributed by atoms with Crippen LogP contribution in [0.25, 0.3) is 0 Å². The number of fused-ring (bicyclic) bond motifs is 3. The van der Waals surface area contributed by atoms with Crippen molar-refractivity contribution in [3.05, 3.63) is 63.6 Å². The van der Waals surface area contributed by atoms with Crippen molar-refractivity contribution >= 4 is 11.9 Å². The highest BCUT2D eigenvalue weighted by Gasteiger charge is 2.41. The van der Waals surface area contributed by atoms with E-state index < -0.39 is 11.4 Å². The van der Waals surface area contributed by atoms with Crippen LogP contribution >= 0.6 is 0 Å². The molecule has 0 N–H and O–H groups in total. The van der Waals surface area contributed by atoms with E-state index in [0.717, 1.165) is 31.4 Å². The third-order valence-corrected chi connectivity index (χ3v) is 7.30. The molecule has 1 aromatic carbocycles. The molecule has 2 bridgehead atoms. The molecular weight excluding hydrogens is 420 g/mol. The van der Waals surface area contributed by atoms with Crippen LogP contribution in [0.4, 0.5) is 0 Å². The topological polar surface area (TPSA) is 77.8 Å². The van der Waals surface area contributed by atoms with E-state index in [-0.39, 0.29) is 42.2 Å². The Morgan fingerprint density at radius 2 is 1.76 bits per heavy atom. The van der Waals surface area contributed by atoms with Gasteiger partial charge in [-0.2, -0.15) is 0 Å². The van der Waals surface area contributed by atoms with Crippen molar-refractivity contribution in [3.8, 4) is 5.75 Å². The van der Waals surface area contributed by atoms with Crippen molar-refractivity contribution in [1.29, 1.82) is 0 Å². The number of carbonyl (C=O) groups is 2. The lowest BCUT2D eigenvalue weighted by Crippen LogP contribution is -2.53. The van der Waals surface area contributed by atoms with Crippen LogP contribution in [0.15, 0.2) is 41.3 Å². The van der Waals surface area contributed by atoms with E-state index in [0.29, 0.717) is 18.4 Å². The van der Waals surface area contributed by atoms with E-state index in [2.05, 4.69) is 0 Å². The Bertz CT molecular complexity index is 1100. The van der Waals surface area contributed by atoms with Crippen LogP contribution in [-0.4, -0.2) is 40.5 Å². The Hall–Kier alpha value is -3.09. The van der Waals surface area contributed by atoms with Gasteiger partial charge in [-0.25, -0.2) is 4.79 Å². The second kappa shape index (κ2) is 9.04. The fourth-order valence-corrected chi connectivity index (χ4v) is 5.60. The van der Waals surface area contributed by atoms with Gasteiger partial charge in [0, 0.05) is 19.3 Å². The summed E-state index contributed by atoms with van der Waals surface area (Å²) in [5, 5.41) is 0. The molecule has 7 heteroatoms. The number of nitrogens with zero attached hydrogens (tertiary/aromatic N) is 2. The lowest BCUT2D eigenvalue weighted by atomic mass is 9.76. The highest BCUT2D eigenvalue weighted by molar-refractivity contribution is 5.98. The Labute approximate surface area is 193 Å². The van der Waals surface area contributed by atoms with Crippen LogP contribution in [0.1, 0.15) is 65.4 Å². The first-order valence-corrected chi connectivity index (χ1v) is 12.0. The highest BCUT2D eigenvalue weighted by atomic mass is 16.5. The maximum Gasteiger partial charge on any atom is 0.343 e. The number of pyridine rings is 1. The van der Waals surface area contributed by atoms with E-state index in [9.17, 15) is 14.4 Å². The van der Waals surface area contributed by atoms with E-state index in [1.807, 2.05) is 35.2 Å². The van der Waals surface area contributed by atoms with E-state index >= 15 is 0 Å². The molecule has 1 aliphatic carbocycles. The van der Waals surface area contributed by atoms with Crippen LogP contribution in [-0.2, 0) is 17.9 Å². The number of carbonyl (C=O) groups excluding carboxylic acids is 2. The molecule has 7 nitrogen and oxygen atoms in total. The summed E-state index contributed by atoms with van der Waals surface area (Å²) in [6.07, 6.45) is 7.22. The number of hydrogen-bond acceptors (Lipinski definition) is 5. The lowest BCUT2D eigenvalue weighted by molar-refractivity contribution is 0.0341. The minimum atomic E-state index is -0.686. The molecule has 1 unspecified atom stereocenters. The summed E-state index contributed by atoms with van der Waals surface area (Å²) < 4.78 is 12.9. The van der Waals surface area contributed by atoms with Gasteiger partial charge in [0.05, 0.1) is 12.6 Å². The molecule has 1 atom stereocenters. The number of esters is 1. The number of rotatable bonds is 5. The second-order valence-electron chi connectivity index (χ2n) is 9.43. The Morgan fingerprint density at radius 3 is 2.48 bits per heavy atom. The van der Waals surface area contributed by atoms with Crippen molar-refractivity contribution in [3.63, 3.8) is 0 Å². The first kappa shape index (κ1) is 21.7. The molecule has 174 valence electrons. The monoisotopic (exact) mass is 450 g/mol. The quantitative estimate of drug-likeness (QED) is 0.650. The molecular formula is C26H30N2O5. The van der Waals surface area contributed by atoms with Gasteiger partial charge in [-0.1, -0.05) is 43.2 Å². The van der Waals surface area contributed by atoms with Crippen LogP contribution in [0.3, 0.4) is 0 Å². The van der Waals surface area contributed by atoms with Gasteiger partial charge in [0.15, 0.2) is 11.4 Å². The average Bonchev–Trinajstić information content (AvgIpc) is 2.80. The number of benzene rings is 1. The summed E-state index contributed by atoms with van der Waals surface area (Å²) in [6, 6.07) is 9.54. The number of ether oxygens (including phenoxy) is 2. The summed E-state index contributed by atoms with van der Waals surface area (Å²) >= 11 is 0. The van der Waals surface area contributed by atoms with Crippen LogP contribution in [0.2, 0.25) is 0 Å². The van der Waals surface area contributed by atoms with E-state index in [1.54, 1.807) is 11.5 Å². The lowest BCUT2D eigenvalue weighted by Gasteiger charge is -2.45. The fraction of sp³-hybridized carbons (Fsp3) is 0.500. The zero-order valence-corrected chi connectivity index (χ0v) is 19.0. The largest absolute Gasteiger partial charge is 0.483 e. The normalized spacial score (nSPS) is 23.8. The zero-order valence-electron chi connectivity index (χ0n) is 19.0. The smallest absolute Gasteiger partial charge is 0.343 e. The minimum absolute atomic E-state index is 0.0555. The van der Waals surface area contributed by atoms with Crippen LogP contribution in [0, 0.1) is 11.8 Å². The molecule has 1 aromatic heterocycles. The molecule has 6 rings (SSSR count). The van der Waals surface area contributed by atoms with Gasteiger partial charge in [0.2, 0.25) is 5.43 Å². The van der Waals surface area contributed by atoms with Crippen molar-refractivity contribution < 1.29 is 19.1 Å². The van der Waals surface area contributed by atoms with Gasteiger partial charge >= 0.3 is 5.97 Å². The van der Waals surface area contributed by atoms with Gasteiger partial charge in [0.1, 0.15) is 12.2 Å². The summed E-state index contributed by atoms with van der Waals surface area (Å²) in [5.74, 6) is 0.225. The molecule has 0 spiro atoms. The third-order valence-electron chi connectivity index (χ3n) is 7.30. The predicted octanol–water partition coefficient (Wildman–Crippen LogP) is 3.64. The van der Waals surface area contributed by atoms with Gasteiger partial charge in [-0.3, -0.25) is 9.59 Å². The number of aromatic nitrogens is 1. The first-order valence-electron chi connectivity index (χ1n) is 12.0. The molecule has 4 aliphatic rings. The van der Waals surface area contributed by atoms with Gasteiger partial charge in [-0.05, 0) is 43.6 Å². The standard InChI is InChI=1S/C26H30N2O5/c1-2-32-26(31)21-15-27-14-20-12-17-8-10-18(11-9-17)13-28(20)25(30)22(27)24(23(21)29)33-16-19-6-4-3-5-7-19/h3-7,15,17-18,20H,2,8-14,16H2,1H3.